The molecule has 1 aromatic carbocycles. The van der Waals surface area contributed by atoms with E-state index in [4.69, 9.17) is 4.84 Å². The Bertz CT molecular complexity index is 631. The van der Waals surface area contributed by atoms with Crippen molar-refractivity contribution < 1.29 is 14.4 Å². The minimum absolute atomic E-state index is 0.0583. The number of rotatable bonds is 4. The Kier molecular flexibility index (Phi) is 5.13. The van der Waals surface area contributed by atoms with Crippen LogP contribution in [-0.4, -0.2) is 47.5 Å². The average Bonchev–Trinajstić information content (AvgIpc) is 2.90. The molecule has 0 radical (unpaired) electrons. The highest BCUT2D eigenvalue weighted by Crippen LogP contribution is 2.39. The third kappa shape index (κ3) is 3.56. The van der Waals surface area contributed by atoms with Crippen molar-refractivity contribution in [1.29, 1.82) is 0 Å². The van der Waals surface area contributed by atoms with Crippen LogP contribution in [-0.2, 0) is 16.1 Å². The zero-order chi connectivity index (χ0) is 18.0. The molecular weight excluding hydrogens is 316 g/mol. The van der Waals surface area contributed by atoms with Crippen LogP contribution in [0.5, 0.6) is 0 Å². The van der Waals surface area contributed by atoms with E-state index in [0.717, 1.165) is 31.2 Å². The Morgan fingerprint density at radius 1 is 1.16 bits per heavy atom. The number of carbonyl (C=O) groups is 2. The molecule has 2 fully saturated rings. The molecule has 0 unspecified atom stereocenters. The maximum Gasteiger partial charge on any atom is 0.253 e. The van der Waals surface area contributed by atoms with Crippen LogP contribution in [0.3, 0.4) is 0 Å². The summed E-state index contributed by atoms with van der Waals surface area (Å²) in [4.78, 5) is 31.9. The van der Waals surface area contributed by atoms with Crippen LogP contribution in [0.2, 0.25) is 0 Å². The van der Waals surface area contributed by atoms with Crippen LogP contribution < -0.4 is 0 Å². The van der Waals surface area contributed by atoms with Crippen LogP contribution in [0.4, 0.5) is 0 Å². The second-order valence-corrected chi connectivity index (χ2v) is 7.68. The highest BCUT2D eigenvalue weighted by molar-refractivity contribution is 5.94. The summed E-state index contributed by atoms with van der Waals surface area (Å²) in [6.07, 6.45) is 3.96. The molecule has 0 aliphatic carbocycles. The van der Waals surface area contributed by atoms with Crippen molar-refractivity contribution in [2.45, 2.75) is 51.5 Å². The number of benzene rings is 1. The SMILES string of the molecule is CON1C(=O)CCC12CCN(C(=O)c1ccc(CC(C)C)cc1)CC2. The third-order valence-corrected chi connectivity index (χ3v) is 5.47. The number of likely N-dealkylation sites (tertiary alicyclic amines) is 1. The van der Waals surface area contributed by atoms with E-state index >= 15 is 0 Å². The van der Waals surface area contributed by atoms with E-state index < -0.39 is 0 Å². The van der Waals surface area contributed by atoms with E-state index in [2.05, 4.69) is 26.0 Å². The number of hydrogen-bond acceptors (Lipinski definition) is 3. The van der Waals surface area contributed by atoms with Crippen LogP contribution in [0.25, 0.3) is 0 Å². The van der Waals surface area contributed by atoms with Crippen molar-refractivity contribution in [3.63, 3.8) is 0 Å². The molecule has 0 N–H and O–H groups in total. The van der Waals surface area contributed by atoms with Gasteiger partial charge >= 0.3 is 0 Å². The van der Waals surface area contributed by atoms with Crippen molar-refractivity contribution in [2.75, 3.05) is 20.2 Å². The van der Waals surface area contributed by atoms with Gasteiger partial charge < -0.3 is 4.90 Å². The minimum Gasteiger partial charge on any atom is -0.338 e. The zero-order valence-electron chi connectivity index (χ0n) is 15.5. The highest BCUT2D eigenvalue weighted by atomic mass is 16.7. The van der Waals surface area contributed by atoms with Crippen LogP contribution in [0.15, 0.2) is 24.3 Å². The first-order chi connectivity index (χ1) is 11.9. The van der Waals surface area contributed by atoms with Crippen molar-refractivity contribution in [3.05, 3.63) is 35.4 Å². The molecule has 2 aliphatic rings. The molecule has 0 bridgehead atoms. The molecular formula is C20H28N2O3. The molecule has 2 aliphatic heterocycles. The van der Waals surface area contributed by atoms with E-state index in [1.165, 1.54) is 5.56 Å². The fourth-order valence-corrected chi connectivity index (χ4v) is 4.12. The number of amides is 2. The highest BCUT2D eigenvalue weighted by Gasteiger charge is 2.48. The smallest absolute Gasteiger partial charge is 0.253 e. The fraction of sp³-hybridized carbons (Fsp3) is 0.600. The Labute approximate surface area is 149 Å². The Balaban J connectivity index is 1.63. The molecule has 136 valence electrons. The summed E-state index contributed by atoms with van der Waals surface area (Å²) >= 11 is 0. The lowest BCUT2D eigenvalue weighted by Gasteiger charge is -2.43. The van der Waals surface area contributed by atoms with Crippen molar-refractivity contribution >= 4 is 11.8 Å². The summed E-state index contributed by atoms with van der Waals surface area (Å²) < 4.78 is 0. The largest absolute Gasteiger partial charge is 0.338 e. The fourth-order valence-electron chi connectivity index (χ4n) is 4.12. The van der Waals surface area contributed by atoms with E-state index in [1.807, 2.05) is 17.0 Å². The summed E-state index contributed by atoms with van der Waals surface area (Å²) in [6.45, 7) is 5.72. The summed E-state index contributed by atoms with van der Waals surface area (Å²) in [5.74, 6) is 0.750. The van der Waals surface area contributed by atoms with Gasteiger partial charge in [0.15, 0.2) is 0 Å². The van der Waals surface area contributed by atoms with E-state index in [0.29, 0.717) is 25.4 Å². The second-order valence-electron chi connectivity index (χ2n) is 7.68. The summed E-state index contributed by atoms with van der Waals surface area (Å²) in [6, 6.07) is 7.98. The van der Waals surface area contributed by atoms with Gasteiger partial charge in [-0.25, -0.2) is 5.06 Å². The predicted molar refractivity (Wildman–Crippen MR) is 95.9 cm³/mol. The maximum absolute atomic E-state index is 12.8. The standard InChI is InChI=1S/C20H28N2O3/c1-15(2)14-16-4-6-17(7-5-16)19(24)21-12-10-20(11-13-21)9-8-18(23)22(20)25-3/h4-7,15H,8-14H2,1-3H3. The first-order valence-corrected chi connectivity index (χ1v) is 9.20. The Hall–Kier alpha value is -1.88. The molecule has 2 saturated heterocycles. The number of hydroxylamine groups is 2. The lowest BCUT2D eigenvalue weighted by atomic mass is 9.85. The van der Waals surface area contributed by atoms with Crippen LogP contribution in [0.1, 0.15) is 55.5 Å². The molecule has 0 aromatic heterocycles. The van der Waals surface area contributed by atoms with Gasteiger partial charge in [-0.05, 0) is 49.3 Å². The van der Waals surface area contributed by atoms with Gasteiger partial charge in [0.25, 0.3) is 5.91 Å². The van der Waals surface area contributed by atoms with Crippen molar-refractivity contribution in [2.24, 2.45) is 5.92 Å². The molecule has 25 heavy (non-hydrogen) atoms. The summed E-state index contributed by atoms with van der Waals surface area (Å²) in [5, 5.41) is 1.55. The van der Waals surface area contributed by atoms with Gasteiger partial charge in [-0.1, -0.05) is 26.0 Å². The Morgan fingerprint density at radius 3 is 2.36 bits per heavy atom. The number of piperidine rings is 1. The minimum atomic E-state index is -0.219. The number of hydrogen-bond donors (Lipinski definition) is 0. The van der Waals surface area contributed by atoms with Gasteiger partial charge in [0.2, 0.25) is 5.91 Å². The Morgan fingerprint density at radius 2 is 1.80 bits per heavy atom. The van der Waals surface area contributed by atoms with E-state index in [9.17, 15) is 9.59 Å². The van der Waals surface area contributed by atoms with E-state index in [-0.39, 0.29) is 17.4 Å². The van der Waals surface area contributed by atoms with Gasteiger partial charge in [-0.15, -0.1) is 0 Å². The predicted octanol–water partition coefficient (Wildman–Crippen LogP) is 3.04. The maximum atomic E-state index is 12.8. The lowest BCUT2D eigenvalue weighted by molar-refractivity contribution is -0.201. The molecule has 5 heteroatoms. The van der Waals surface area contributed by atoms with Crippen LogP contribution >= 0.6 is 0 Å². The van der Waals surface area contributed by atoms with Crippen LogP contribution in [0, 0.1) is 5.92 Å². The molecule has 1 spiro atoms. The molecule has 2 amide bonds. The lowest BCUT2D eigenvalue weighted by Crippen LogP contribution is -2.53. The van der Waals surface area contributed by atoms with Gasteiger partial charge in [0.1, 0.15) is 0 Å². The topological polar surface area (TPSA) is 49.9 Å². The molecule has 0 atom stereocenters. The normalized spacial score (nSPS) is 19.9. The molecule has 3 rings (SSSR count). The van der Waals surface area contributed by atoms with Crippen molar-refractivity contribution in [1.82, 2.24) is 9.96 Å². The molecule has 1 aromatic rings. The molecule has 2 heterocycles. The third-order valence-electron chi connectivity index (χ3n) is 5.47. The summed E-state index contributed by atoms with van der Waals surface area (Å²) in [7, 11) is 1.56. The van der Waals surface area contributed by atoms with Gasteiger partial charge in [-0.3, -0.25) is 14.4 Å². The molecule has 0 saturated carbocycles. The van der Waals surface area contributed by atoms with Gasteiger partial charge in [-0.2, -0.15) is 0 Å². The number of carbonyl (C=O) groups excluding carboxylic acids is 2. The molecule has 5 nitrogen and oxygen atoms in total. The number of nitrogens with zero attached hydrogens (tertiary/aromatic N) is 2. The first-order valence-electron chi connectivity index (χ1n) is 9.20. The quantitative estimate of drug-likeness (QED) is 0.843. The second kappa shape index (κ2) is 7.16. The summed E-state index contributed by atoms with van der Waals surface area (Å²) in [5.41, 5.74) is 1.79. The van der Waals surface area contributed by atoms with E-state index in [1.54, 1.807) is 12.2 Å². The van der Waals surface area contributed by atoms with Gasteiger partial charge in [0.05, 0.1) is 12.6 Å². The van der Waals surface area contributed by atoms with Gasteiger partial charge in [0, 0.05) is 25.1 Å². The first kappa shape index (κ1) is 17.9. The monoisotopic (exact) mass is 344 g/mol. The average molecular weight is 344 g/mol. The van der Waals surface area contributed by atoms with Crippen molar-refractivity contribution in [3.8, 4) is 0 Å². The zero-order valence-corrected chi connectivity index (χ0v) is 15.5.